The van der Waals surface area contributed by atoms with Crippen LogP contribution in [0.1, 0.15) is 32.9 Å². The van der Waals surface area contributed by atoms with Gasteiger partial charge in [0.2, 0.25) is 0 Å². The number of amides is 1. The first-order valence-corrected chi connectivity index (χ1v) is 12.8. The number of halogens is 4. The van der Waals surface area contributed by atoms with Crippen molar-refractivity contribution in [1.29, 1.82) is 0 Å². The molecule has 4 rings (SSSR count). The number of carbonyl (C=O) groups is 1. The number of alkyl halides is 3. The van der Waals surface area contributed by atoms with Gasteiger partial charge in [0.25, 0.3) is 11.6 Å². The van der Waals surface area contributed by atoms with E-state index in [0.29, 0.717) is 27.8 Å². The summed E-state index contributed by atoms with van der Waals surface area (Å²) in [5, 5.41) is 22.7. The van der Waals surface area contributed by atoms with Crippen molar-refractivity contribution >= 4 is 39.3 Å². The van der Waals surface area contributed by atoms with Gasteiger partial charge in [-0.05, 0) is 48.9 Å². The third kappa shape index (κ3) is 6.40. The van der Waals surface area contributed by atoms with E-state index < -0.39 is 22.6 Å². The number of nitrogens with zero attached hydrogens (tertiary/aromatic N) is 4. The second-order valence-electron chi connectivity index (χ2n) is 8.14. The molecule has 0 aliphatic heterocycles. The van der Waals surface area contributed by atoms with Crippen molar-refractivity contribution in [3.05, 3.63) is 109 Å². The summed E-state index contributed by atoms with van der Waals surface area (Å²) in [6, 6.07) is 16.5. The largest absolute Gasteiger partial charge is 0.416 e. The summed E-state index contributed by atoms with van der Waals surface area (Å²) in [5.74, 6) is 0.0447. The average molecular weight is 606 g/mol. The Balaban J connectivity index is 1.57. The Morgan fingerprint density at radius 1 is 1.11 bits per heavy atom. The average Bonchev–Trinajstić information content (AvgIpc) is 3.29. The van der Waals surface area contributed by atoms with E-state index >= 15 is 0 Å². The second-order valence-corrected chi connectivity index (χ2v) is 10.00. The minimum Gasteiger partial charge on any atom is -0.345 e. The molecule has 1 aromatic heterocycles. The number of nitrogens with one attached hydrogen (secondary N) is 1. The molecule has 0 unspecified atom stereocenters. The van der Waals surface area contributed by atoms with E-state index in [9.17, 15) is 28.1 Å². The highest BCUT2D eigenvalue weighted by Gasteiger charge is 2.30. The summed E-state index contributed by atoms with van der Waals surface area (Å²) >= 11 is 4.58. The highest BCUT2D eigenvalue weighted by Crippen LogP contribution is 2.32. The van der Waals surface area contributed by atoms with E-state index in [2.05, 4.69) is 31.4 Å². The topological polar surface area (TPSA) is 103 Å². The standard InChI is InChI=1S/C25H19BrF3N5O3S/c1-15-5-6-17(12-21(15)34(36)37)23(35)30-13-22-31-32-24(33(22)20-9-7-19(26)8-10-20)38-14-16-3-2-4-18(11-16)25(27,28)29/h2-12H,13-14H2,1H3,(H,30,35). The van der Waals surface area contributed by atoms with E-state index in [-0.39, 0.29) is 23.5 Å². The molecule has 4 aromatic rings. The highest BCUT2D eigenvalue weighted by atomic mass is 79.9. The maximum absolute atomic E-state index is 13.1. The maximum atomic E-state index is 13.1. The number of aryl methyl sites for hydroxylation is 1. The van der Waals surface area contributed by atoms with Gasteiger partial charge < -0.3 is 5.32 Å². The number of aromatic nitrogens is 3. The quantitative estimate of drug-likeness (QED) is 0.140. The van der Waals surface area contributed by atoms with Crippen LogP contribution in [0.3, 0.4) is 0 Å². The number of carbonyl (C=O) groups excluding carboxylic acids is 1. The van der Waals surface area contributed by atoms with Crippen molar-refractivity contribution in [2.75, 3.05) is 0 Å². The molecule has 1 N–H and O–H groups in total. The molecule has 0 fully saturated rings. The first-order valence-electron chi connectivity index (χ1n) is 11.1. The third-order valence-corrected chi connectivity index (χ3v) is 7.01. The van der Waals surface area contributed by atoms with Crippen molar-refractivity contribution in [2.24, 2.45) is 0 Å². The molecule has 0 saturated carbocycles. The van der Waals surface area contributed by atoms with Gasteiger partial charge in [-0.25, -0.2) is 0 Å². The van der Waals surface area contributed by atoms with Crippen LogP contribution in [0.25, 0.3) is 5.69 Å². The van der Waals surface area contributed by atoms with Crippen LogP contribution in [0.4, 0.5) is 18.9 Å². The van der Waals surface area contributed by atoms with Crippen molar-refractivity contribution < 1.29 is 22.9 Å². The molecule has 0 aliphatic carbocycles. The van der Waals surface area contributed by atoms with Gasteiger partial charge >= 0.3 is 6.18 Å². The van der Waals surface area contributed by atoms with Crippen LogP contribution in [-0.2, 0) is 18.5 Å². The van der Waals surface area contributed by atoms with Crippen LogP contribution in [-0.4, -0.2) is 25.6 Å². The monoisotopic (exact) mass is 605 g/mol. The lowest BCUT2D eigenvalue weighted by Crippen LogP contribution is -2.24. The van der Waals surface area contributed by atoms with Crippen LogP contribution in [0, 0.1) is 17.0 Å². The summed E-state index contributed by atoms with van der Waals surface area (Å²) < 4.78 is 41.8. The lowest BCUT2D eigenvalue weighted by molar-refractivity contribution is -0.385. The van der Waals surface area contributed by atoms with Crippen LogP contribution >= 0.6 is 27.7 Å². The zero-order valence-corrected chi connectivity index (χ0v) is 22.1. The molecule has 0 saturated heterocycles. The molecular formula is C25H19BrF3N5O3S. The number of hydrogen-bond acceptors (Lipinski definition) is 6. The molecule has 196 valence electrons. The number of thioether (sulfide) groups is 1. The molecule has 0 spiro atoms. The molecule has 1 amide bonds. The fourth-order valence-corrected chi connectivity index (χ4v) is 4.73. The Morgan fingerprint density at radius 3 is 2.53 bits per heavy atom. The Kier molecular flexibility index (Phi) is 8.17. The lowest BCUT2D eigenvalue weighted by atomic mass is 10.1. The van der Waals surface area contributed by atoms with E-state index in [1.807, 2.05) is 12.1 Å². The molecule has 8 nitrogen and oxygen atoms in total. The molecule has 0 bridgehead atoms. The van der Waals surface area contributed by atoms with Gasteiger partial charge in [0.1, 0.15) is 0 Å². The smallest absolute Gasteiger partial charge is 0.345 e. The molecule has 38 heavy (non-hydrogen) atoms. The van der Waals surface area contributed by atoms with Gasteiger partial charge in [0, 0.05) is 33.1 Å². The lowest BCUT2D eigenvalue weighted by Gasteiger charge is -2.12. The molecule has 3 aromatic carbocycles. The van der Waals surface area contributed by atoms with Gasteiger partial charge in [-0.3, -0.25) is 19.5 Å². The van der Waals surface area contributed by atoms with Crippen molar-refractivity contribution in [3.8, 4) is 5.69 Å². The van der Waals surface area contributed by atoms with E-state index in [1.165, 1.54) is 36.0 Å². The molecule has 13 heteroatoms. The van der Waals surface area contributed by atoms with E-state index in [1.54, 1.807) is 29.7 Å². The fraction of sp³-hybridized carbons (Fsp3) is 0.160. The van der Waals surface area contributed by atoms with E-state index in [0.717, 1.165) is 16.6 Å². The number of nitro benzene ring substituents is 1. The molecule has 0 radical (unpaired) electrons. The second kappa shape index (κ2) is 11.4. The Hall–Kier alpha value is -3.71. The summed E-state index contributed by atoms with van der Waals surface area (Å²) in [7, 11) is 0. The maximum Gasteiger partial charge on any atom is 0.416 e. The van der Waals surface area contributed by atoms with Crippen molar-refractivity contribution in [1.82, 2.24) is 20.1 Å². The van der Waals surface area contributed by atoms with Crippen molar-refractivity contribution in [3.63, 3.8) is 0 Å². The molecule has 0 aliphatic rings. The minimum atomic E-state index is -4.44. The van der Waals surface area contributed by atoms with Gasteiger partial charge in [-0.2, -0.15) is 13.2 Å². The predicted molar refractivity (Wildman–Crippen MR) is 139 cm³/mol. The number of rotatable bonds is 8. The van der Waals surface area contributed by atoms with Gasteiger partial charge in [-0.1, -0.05) is 52.0 Å². The van der Waals surface area contributed by atoms with Gasteiger partial charge in [-0.15, -0.1) is 10.2 Å². The van der Waals surface area contributed by atoms with Crippen LogP contribution in [0.5, 0.6) is 0 Å². The van der Waals surface area contributed by atoms with Gasteiger partial charge in [0.15, 0.2) is 11.0 Å². The van der Waals surface area contributed by atoms with Crippen LogP contribution in [0.2, 0.25) is 0 Å². The molecule has 0 atom stereocenters. The van der Waals surface area contributed by atoms with Crippen LogP contribution < -0.4 is 5.32 Å². The van der Waals surface area contributed by atoms with Crippen molar-refractivity contribution in [2.45, 2.75) is 30.6 Å². The summed E-state index contributed by atoms with van der Waals surface area (Å²) in [5.41, 5.74) is 0.805. The zero-order valence-electron chi connectivity index (χ0n) is 19.7. The number of nitro groups is 1. The number of benzene rings is 3. The zero-order chi connectivity index (χ0) is 27.4. The minimum absolute atomic E-state index is 0.0479. The summed E-state index contributed by atoms with van der Waals surface area (Å²) in [6.45, 7) is 1.53. The first kappa shape index (κ1) is 27.3. The Morgan fingerprint density at radius 2 is 1.84 bits per heavy atom. The van der Waals surface area contributed by atoms with Gasteiger partial charge in [0.05, 0.1) is 17.0 Å². The summed E-state index contributed by atoms with van der Waals surface area (Å²) in [6.07, 6.45) is -4.44. The fourth-order valence-electron chi connectivity index (χ4n) is 3.55. The third-order valence-electron chi connectivity index (χ3n) is 5.48. The highest BCUT2D eigenvalue weighted by molar-refractivity contribution is 9.10. The first-order chi connectivity index (χ1) is 18.0. The SMILES string of the molecule is Cc1ccc(C(=O)NCc2nnc(SCc3cccc(C(F)(F)F)c3)n2-c2ccc(Br)cc2)cc1[N+](=O)[O-]. The normalized spacial score (nSPS) is 11.4. The Labute approximate surface area is 227 Å². The molecular weight excluding hydrogens is 587 g/mol. The molecule has 1 heterocycles. The number of hydrogen-bond donors (Lipinski definition) is 1. The predicted octanol–water partition coefficient (Wildman–Crippen LogP) is 6.49. The summed E-state index contributed by atoms with van der Waals surface area (Å²) in [4.78, 5) is 23.4. The Bertz CT molecular complexity index is 1490. The van der Waals surface area contributed by atoms with Crippen LogP contribution in [0.15, 0.2) is 76.4 Å². The van der Waals surface area contributed by atoms with E-state index in [4.69, 9.17) is 0 Å².